The van der Waals surface area contributed by atoms with E-state index in [1.54, 1.807) is 0 Å². The van der Waals surface area contributed by atoms with Crippen molar-refractivity contribution in [3.8, 4) is 0 Å². The third-order valence-electron chi connectivity index (χ3n) is 3.28. The van der Waals surface area contributed by atoms with E-state index in [2.05, 4.69) is 70.5 Å². The second-order valence-electron chi connectivity index (χ2n) is 4.36. The van der Waals surface area contributed by atoms with Crippen molar-refractivity contribution in [1.82, 2.24) is 0 Å². The standard InChI is InChI=1S/C15H22N/c1-7-11(2)14(5)16(6)15-12(3)9-8-10-13(15)4/h7-10H,1-6H3/q+1. The normalized spacial score (nSPS) is 13.8. The summed E-state index contributed by atoms with van der Waals surface area (Å²) in [7, 11) is 2.14. The number of hydrogen-bond acceptors (Lipinski definition) is 0. The summed E-state index contributed by atoms with van der Waals surface area (Å²) in [6.45, 7) is 10.7. The van der Waals surface area contributed by atoms with Crippen LogP contribution >= 0.6 is 0 Å². The topological polar surface area (TPSA) is 3.01 Å². The number of para-hydroxylation sites is 1. The molecule has 0 aliphatic carbocycles. The average Bonchev–Trinajstić information content (AvgIpc) is 2.26. The molecule has 0 radical (unpaired) electrons. The van der Waals surface area contributed by atoms with Gasteiger partial charge in [-0.1, -0.05) is 24.3 Å². The van der Waals surface area contributed by atoms with Gasteiger partial charge < -0.3 is 0 Å². The van der Waals surface area contributed by atoms with E-state index < -0.39 is 0 Å². The van der Waals surface area contributed by atoms with Gasteiger partial charge in [0.2, 0.25) is 5.69 Å². The number of hydrogen-bond donors (Lipinski definition) is 0. The van der Waals surface area contributed by atoms with Crippen molar-refractivity contribution in [2.75, 3.05) is 7.05 Å². The fourth-order valence-electron chi connectivity index (χ4n) is 1.98. The predicted molar refractivity (Wildman–Crippen MR) is 71.9 cm³/mol. The van der Waals surface area contributed by atoms with Crippen molar-refractivity contribution in [3.05, 3.63) is 41.0 Å². The minimum absolute atomic E-state index is 1.31. The van der Waals surface area contributed by atoms with E-state index in [1.807, 2.05) is 0 Å². The molecule has 0 amide bonds. The van der Waals surface area contributed by atoms with Gasteiger partial charge in [-0.3, -0.25) is 0 Å². The second kappa shape index (κ2) is 5.11. The molecule has 1 heteroatoms. The summed E-state index contributed by atoms with van der Waals surface area (Å²) in [5, 5.41) is 0. The molecule has 0 atom stereocenters. The molecule has 86 valence electrons. The molecule has 0 saturated heterocycles. The van der Waals surface area contributed by atoms with Crippen LogP contribution in [0.2, 0.25) is 0 Å². The van der Waals surface area contributed by atoms with Crippen LogP contribution in [0.3, 0.4) is 0 Å². The molecule has 0 N–H and O–H groups in total. The number of rotatable bonds is 2. The first-order valence-corrected chi connectivity index (χ1v) is 5.75. The van der Waals surface area contributed by atoms with Crippen molar-refractivity contribution in [2.24, 2.45) is 0 Å². The molecular formula is C15H22N+. The summed E-state index contributed by atoms with van der Waals surface area (Å²) in [6, 6.07) is 6.44. The van der Waals surface area contributed by atoms with E-state index in [9.17, 15) is 0 Å². The molecule has 0 aliphatic rings. The molecule has 0 spiro atoms. The molecule has 1 aromatic rings. The molecular weight excluding hydrogens is 194 g/mol. The van der Waals surface area contributed by atoms with Gasteiger partial charge in [-0.25, -0.2) is 0 Å². The fraction of sp³-hybridized carbons (Fsp3) is 0.400. The summed E-state index contributed by atoms with van der Waals surface area (Å²) < 4.78 is 2.28. The summed E-state index contributed by atoms with van der Waals surface area (Å²) in [4.78, 5) is 0. The van der Waals surface area contributed by atoms with Crippen molar-refractivity contribution in [3.63, 3.8) is 0 Å². The highest BCUT2D eigenvalue weighted by Gasteiger charge is 2.15. The van der Waals surface area contributed by atoms with Crippen molar-refractivity contribution in [2.45, 2.75) is 34.6 Å². The van der Waals surface area contributed by atoms with Crippen LogP contribution in [0.5, 0.6) is 0 Å². The quantitative estimate of drug-likeness (QED) is 0.519. The van der Waals surface area contributed by atoms with Crippen molar-refractivity contribution >= 4 is 11.4 Å². The van der Waals surface area contributed by atoms with Crippen LogP contribution in [0, 0.1) is 13.8 Å². The first-order chi connectivity index (χ1) is 7.49. The van der Waals surface area contributed by atoms with Gasteiger partial charge in [-0.05, 0) is 27.7 Å². The Labute approximate surface area is 99.1 Å². The van der Waals surface area contributed by atoms with Crippen LogP contribution in [-0.4, -0.2) is 17.3 Å². The van der Waals surface area contributed by atoms with Gasteiger partial charge in [-0.15, -0.1) is 0 Å². The maximum absolute atomic E-state index is 2.28. The van der Waals surface area contributed by atoms with Gasteiger partial charge >= 0.3 is 0 Å². The number of benzene rings is 1. The van der Waals surface area contributed by atoms with Crippen molar-refractivity contribution in [1.29, 1.82) is 0 Å². The van der Waals surface area contributed by atoms with E-state index in [0.717, 1.165) is 0 Å². The molecule has 1 nitrogen and oxygen atoms in total. The van der Waals surface area contributed by atoms with E-state index in [1.165, 1.54) is 28.1 Å². The largest absolute Gasteiger partial charge is 0.211 e. The Bertz CT molecular complexity index is 430. The van der Waals surface area contributed by atoms with E-state index in [4.69, 9.17) is 0 Å². The van der Waals surface area contributed by atoms with Crippen LogP contribution in [0.4, 0.5) is 5.69 Å². The Morgan fingerprint density at radius 3 is 2.06 bits per heavy atom. The van der Waals surface area contributed by atoms with Crippen LogP contribution in [0.15, 0.2) is 29.8 Å². The molecule has 0 heterocycles. The number of aryl methyl sites for hydroxylation is 2. The lowest BCUT2D eigenvalue weighted by atomic mass is 10.1. The van der Waals surface area contributed by atoms with Gasteiger partial charge in [0.1, 0.15) is 7.05 Å². The third-order valence-corrected chi connectivity index (χ3v) is 3.28. The van der Waals surface area contributed by atoms with Gasteiger partial charge in [0.25, 0.3) is 0 Å². The minimum Gasteiger partial charge on any atom is -0.198 e. The minimum atomic E-state index is 1.31. The van der Waals surface area contributed by atoms with E-state index >= 15 is 0 Å². The lowest BCUT2D eigenvalue weighted by Crippen LogP contribution is -2.12. The molecule has 0 unspecified atom stereocenters. The number of nitrogens with zero attached hydrogens (tertiary/aromatic N) is 1. The molecule has 0 saturated carbocycles. The summed E-state index contributed by atoms with van der Waals surface area (Å²) >= 11 is 0. The van der Waals surface area contributed by atoms with Gasteiger partial charge in [0.15, 0.2) is 5.71 Å². The van der Waals surface area contributed by atoms with Crippen LogP contribution < -0.4 is 0 Å². The lowest BCUT2D eigenvalue weighted by molar-refractivity contribution is -0.406. The zero-order chi connectivity index (χ0) is 12.3. The molecule has 0 aliphatic heterocycles. The Morgan fingerprint density at radius 2 is 1.62 bits per heavy atom. The molecule has 1 aromatic carbocycles. The SMILES string of the molecule is CC=C(C)C(C)=[N+](C)c1c(C)cccc1C. The predicted octanol–water partition coefficient (Wildman–Crippen LogP) is 4.00. The summed E-state index contributed by atoms with van der Waals surface area (Å²) in [5.74, 6) is 0. The molecule has 1 rings (SSSR count). The van der Waals surface area contributed by atoms with Crippen LogP contribution in [-0.2, 0) is 0 Å². The fourth-order valence-corrected chi connectivity index (χ4v) is 1.98. The average molecular weight is 216 g/mol. The number of allylic oxidation sites excluding steroid dienone is 2. The van der Waals surface area contributed by atoms with Crippen LogP contribution in [0.25, 0.3) is 0 Å². The summed E-state index contributed by atoms with van der Waals surface area (Å²) in [6.07, 6.45) is 2.15. The second-order valence-corrected chi connectivity index (χ2v) is 4.36. The van der Waals surface area contributed by atoms with Gasteiger partial charge in [0.05, 0.1) is 0 Å². The zero-order valence-corrected chi connectivity index (χ0v) is 11.3. The lowest BCUT2D eigenvalue weighted by Gasteiger charge is -2.07. The summed E-state index contributed by atoms with van der Waals surface area (Å²) in [5.41, 5.74) is 6.60. The first kappa shape index (κ1) is 12.7. The third kappa shape index (κ3) is 2.41. The smallest absolute Gasteiger partial charge is 0.198 e. The van der Waals surface area contributed by atoms with E-state index in [-0.39, 0.29) is 0 Å². The molecule has 0 fully saturated rings. The van der Waals surface area contributed by atoms with Crippen LogP contribution in [0.1, 0.15) is 31.9 Å². The monoisotopic (exact) mass is 216 g/mol. The maximum atomic E-state index is 2.28. The zero-order valence-electron chi connectivity index (χ0n) is 11.3. The molecule has 0 aromatic heterocycles. The Morgan fingerprint density at radius 1 is 1.12 bits per heavy atom. The van der Waals surface area contributed by atoms with Gasteiger partial charge in [-0.2, -0.15) is 4.58 Å². The van der Waals surface area contributed by atoms with E-state index in [0.29, 0.717) is 0 Å². The first-order valence-electron chi connectivity index (χ1n) is 5.75. The Balaban J connectivity index is 3.40. The Kier molecular flexibility index (Phi) is 4.05. The Hall–Kier alpha value is -1.37. The highest BCUT2D eigenvalue weighted by molar-refractivity contribution is 5.94. The van der Waals surface area contributed by atoms with Crippen molar-refractivity contribution < 1.29 is 4.58 Å². The molecule has 16 heavy (non-hydrogen) atoms. The maximum Gasteiger partial charge on any atom is 0.211 e. The molecule has 0 bridgehead atoms. The highest BCUT2D eigenvalue weighted by atomic mass is 15.0. The van der Waals surface area contributed by atoms with Gasteiger partial charge in [0, 0.05) is 23.6 Å². The highest BCUT2D eigenvalue weighted by Crippen LogP contribution is 2.22.